The molecule has 1 aliphatic rings. The molecule has 0 bridgehead atoms. The Balaban J connectivity index is 1.98. The van der Waals surface area contributed by atoms with Gasteiger partial charge in [-0.05, 0) is 42.0 Å². The summed E-state index contributed by atoms with van der Waals surface area (Å²) in [5, 5.41) is 2.95. The van der Waals surface area contributed by atoms with Crippen LogP contribution in [0.4, 0.5) is 5.69 Å². The molecule has 1 aromatic carbocycles. The van der Waals surface area contributed by atoms with E-state index < -0.39 is 0 Å². The maximum absolute atomic E-state index is 12.0. The molecule has 1 amide bonds. The van der Waals surface area contributed by atoms with Crippen LogP contribution in [0.5, 0.6) is 5.75 Å². The molecule has 1 unspecified atom stereocenters. The fraction of sp³-hybridized carbons (Fsp3) is 0.462. The van der Waals surface area contributed by atoms with Crippen LogP contribution in [-0.2, 0) is 0 Å². The number of hydrogen-bond donors (Lipinski definition) is 2. The van der Waals surface area contributed by atoms with E-state index in [9.17, 15) is 4.79 Å². The van der Waals surface area contributed by atoms with Crippen LogP contribution in [0.3, 0.4) is 0 Å². The number of hydrogen-bond acceptors (Lipinski definition) is 4. The average molecular weight is 266 g/mol. The molecule has 4 nitrogen and oxygen atoms in total. The summed E-state index contributed by atoms with van der Waals surface area (Å²) in [4.78, 5) is 12.0. The Morgan fingerprint density at radius 1 is 1.61 bits per heavy atom. The summed E-state index contributed by atoms with van der Waals surface area (Å²) in [5.41, 5.74) is 6.78. The topological polar surface area (TPSA) is 64.3 Å². The first kappa shape index (κ1) is 13.1. The van der Waals surface area contributed by atoms with Crippen molar-refractivity contribution in [1.82, 2.24) is 5.32 Å². The predicted molar refractivity (Wildman–Crippen MR) is 75.2 cm³/mol. The first-order valence-electron chi connectivity index (χ1n) is 6.00. The smallest absolute Gasteiger partial charge is 0.253 e. The lowest BCUT2D eigenvalue weighted by molar-refractivity contribution is 0.0949. The van der Waals surface area contributed by atoms with Crippen LogP contribution in [-0.4, -0.2) is 31.1 Å². The lowest BCUT2D eigenvalue weighted by atomic mass is 10.1. The Morgan fingerprint density at radius 2 is 2.44 bits per heavy atom. The van der Waals surface area contributed by atoms with Crippen LogP contribution in [0.2, 0.25) is 0 Å². The minimum Gasteiger partial charge on any atom is -0.497 e. The van der Waals surface area contributed by atoms with Gasteiger partial charge in [-0.25, -0.2) is 0 Å². The zero-order valence-corrected chi connectivity index (χ0v) is 11.3. The van der Waals surface area contributed by atoms with Crippen molar-refractivity contribution in [2.24, 2.45) is 5.92 Å². The van der Waals surface area contributed by atoms with Crippen LogP contribution < -0.4 is 15.8 Å². The van der Waals surface area contributed by atoms with Crippen molar-refractivity contribution < 1.29 is 9.53 Å². The van der Waals surface area contributed by atoms with Crippen molar-refractivity contribution in [2.75, 3.05) is 30.9 Å². The SMILES string of the molecule is COc1ccc(N)c(C(=O)NCC2CCSC2)c1. The second kappa shape index (κ2) is 6.00. The molecule has 1 aliphatic heterocycles. The largest absolute Gasteiger partial charge is 0.497 e. The van der Waals surface area contributed by atoms with Gasteiger partial charge in [0.05, 0.1) is 12.7 Å². The van der Waals surface area contributed by atoms with Gasteiger partial charge in [0.1, 0.15) is 5.75 Å². The monoisotopic (exact) mass is 266 g/mol. The van der Waals surface area contributed by atoms with Gasteiger partial charge in [-0.3, -0.25) is 4.79 Å². The lowest BCUT2D eigenvalue weighted by Crippen LogP contribution is -2.29. The minimum absolute atomic E-state index is 0.122. The molecule has 1 atom stereocenters. The number of methoxy groups -OCH3 is 1. The number of carbonyl (C=O) groups excluding carboxylic acids is 1. The molecule has 98 valence electrons. The molecule has 1 aromatic rings. The number of nitrogens with one attached hydrogen (secondary N) is 1. The molecule has 1 heterocycles. The van der Waals surface area contributed by atoms with Crippen LogP contribution >= 0.6 is 11.8 Å². The maximum atomic E-state index is 12.0. The third-order valence-corrected chi connectivity index (χ3v) is 4.31. The van der Waals surface area contributed by atoms with E-state index >= 15 is 0 Å². The molecule has 0 radical (unpaired) electrons. The first-order chi connectivity index (χ1) is 8.70. The third-order valence-electron chi connectivity index (χ3n) is 3.08. The molecule has 3 N–H and O–H groups in total. The van der Waals surface area contributed by atoms with Crippen LogP contribution in [0.1, 0.15) is 16.8 Å². The number of benzene rings is 1. The number of carbonyl (C=O) groups is 1. The molecule has 5 heteroatoms. The summed E-state index contributed by atoms with van der Waals surface area (Å²) >= 11 is 1.94. The molecule has 0 aromatic heterocycles. The van der Waals surface area contributed by atoms with Crippen molar-refractivity contribution in [2.45, 2.75) is 6.42 Å². The summed E-state index contributed by atoms with van der Waals surface area (Å²) in [5.74, 6) is 3.44. The van der Waals surface area contributed by atoms with E-state index in [1.807, 2.05) is 11.8 Å². The summed E-state index contributed by atoms with van der Waals surface area (Å²) < 4.78 is 5.10. The van der Waals surface area contributed by atoms with E-state index in [4.69, 9.17) is 10.5 Å². The van der Waals surface area contributed by atoms with Gasteiger partial charge in [-0.1, -0.05) is 0 Å². The van der Waals surface area contributed by atoms with Crippen molar-refractivity contribution in [3.05, 3.63) is 23.8 Å². The van der Waals surface area contributed by atoms with Crippen LogP contribution in [0, 0.1) is 5.92 Å². The highest BCUT2D eigenvalue weighted by atomic mass is 32.2. The van der Waals surface area contributed by atoms with Crippen molar-refractivity contribution >= 4 is 23.4 Å². The fourth-order valence-corrected chi connectivity index (χ4v) is 3.22. The van der Waals surface area contributed by atoms with Gasteiger partial charge in [0, 0.05) is 12.2 Å². The quantitative estimate of drug-likeness (QED) is 0.815. The van der Waals surface area contributed by atoms with E-state index in [1.54, 1.807) is 25.3 Å². The lowest BCUT2D eigenvalue weighted by Gasteiger charge is -2.12. The number of nitrogens with two attached hydrogens (primary N) is 1. The zero-order valence-electron chi connectivity index (χ0n) is 10.4. The van der Waals surface area contributed by atoms with Gasteiger partial charge in [0.25, 0.3) is 5.91 Å². The van der Waals surface area contributed by atoms with E-state index in [-0.39, 0.29) is 5.91 Å². The summed E-state index contributed by atoms with van der Waals surface area (Å²) in [7, 11) is 1.57. The molecular weight excluding hydrogens is 248 g/mol. The molecule has 0 saturated carbocycles. The highest BCUT2D eigenvalue weighted by molar-refractivity contribution is 7.99. The Kier molecular flexibility index (Phi) is 4.36. The Labute approximate surface area is 111 Å². The maximum Gasteiger partial charge on any atom is 0.253 e. The highest BCUT2D eigenvalue weighted by Crippen LogP contribution is 2.23. The number of thioether (sulfide) groups is 1. The van der Waals surface area contributed by atoms with Gasteiger partial charge in [0.2, 0.25) is 0 Å². The molecule has 18 heavy (non-hydrogen) atoms. The summed E-state index contributed by atoms with van der Waals surface area (Å²) in [6, 6.07) is 5.12. The normalized spacial score (nSPS) is 18.6. The second-order valence-electron chi connectivity index (χ2n) is 4.39. The average Bonchev–Trinajstić information content (AvgIpc) is 2.89. The summed E-state index contributed by atoms with van der Waals surface area (Å²) in [6.07, 6.45) is 1.18. The van der Waals surface area contributed by atoms with Crippen LogP contribution in [0.15, 0.2) is 18.2 Å². The standard InChI is InChI=1S/C13H18N2O2S/c1-17-10-2-3-12(14)11(6-10)13(16)15-7-9-4-5-18-8-9/h2-3,6,9H,4-5,7-8,14H2,1H3,(H,15,16). The Morgan fingerprint density at radius 3 is 3.11 bits per heavy atom. The summed E-state index contributed by atoms with van der Waals surface area (Å²) in [6.45, 7) is 0.725. The second-order valence-corrected chi connectivity index (χ2v) is 5.54. The molecule has 1 fully saturated rings. The van der Waals surface area contributed by atoms with Crippen LogP contribution in [0.25, 0.3) is 0 Å². The van der Waals surface area contributed by atoms with Gasteiger partial charge in [-0.15, -0.1) is 0 Å². The van der Waals surface area contributed by atoms with Gasteiger partial charge >= 0.3 is 0 Å². The fourth-order valence-electron chi connectivity index (χ4n) is 1.94. The Bertz CT molecular complexity index is 431. The first-order valence-corrected chi connectivity index (χ1v) is 7.15. The number of rotatable bonds is 4. The van der Waals surface area contributed by atoms with E-state index in [0.29, 0.717) is 22.9 Å². The minimum atomic E-state index is -0.122. The molecule has 0 aliphatic carbocycles. The van der Waals surface area contributed by atoms with Gasteiger partial charge < -0.3 is 15.8 Å². The highest BCUT2D eigenvalue weighted by Gasteiger charge is 2.17. The van der Waals surface area contributed by atoms with E-state index in [0.717, 1.165) is 12.3 Å². The van der Waals surface area contributed by atoms with E-state index in [1.165, 1.54) is 12.2 Å². The molecule has 2 rings (SSSR count). The van der Waals surface area contributed by atoms with E-state index in [2.05, 4.69) is 5.32 Å². The Hall–Kier alpha value is -1.36. The number of amides is 1. The number of ether oxygens (including phenoxy) is 1. The third kappa shape index (κ3) is 3.10. The van der Waals surface area contributed by atoms with Crippen molar-refractivity contribution in [1.29, 1.82) is 0 Å². The molecule has 1 saturated heterocycles. The molecule has 0 spiro atoms. The van der Waals surface area contributed by atoms with Crippen molar-refractivity contribution in [3.8, 4) is 5.75 Å². The molecular formula is C13H18N2O2S. The zero-order chi connectivity index (χ0) is 13.0. The van der Waals surface area contributed by atoms with Gasteiger partial charge in [0.15, 0.2) is 0 Å². The number of anilines is 1. The predicted octanol–water partition coefficient (Wildman–Crippen LogP) is 1.76. The van der Waals surface area contributed by atoms with Gasteiger partial charge in [-0.2, -0.15) is 11.8 Å². The number of nitrogen functional groups attached to an aromatic ring is 1. The van der Waals surface area contributed by atoms with Crippen molar-refractivity contribution in [3.63, 3.8) is 0 Å².